The monoisotopic (exact) mass is 278 g/mol. The number of nitrogens with one attached hydrogen (secondary N) is 1. The molecule has 1 aromatic rings. The van der Waals surface area contributed by atoms with Crippen LogP contribution in [0.2, 0.25) is 0 Å². The highest BCUT2D eigenvalue weighted by Gasteiger charge is 2.15. The van der Waals surface area contributed by atoms with Crippen LogP contribution in [0.3, 0.4) is 0 Å². The lowest BCUT2D eigenvalue weighted by Gasteiger charge is -2.12. The van der Waals surface area contributed by atoms with Gasteiger partial charge in [0.25, 0.3) is 0 Å². The number of ether oxygens (including phenoxy) is 2. The van der Waals surface area contributed by atoms with Gasteiger partial charge in [0.2, 0.25) is 5.91 Å². The maximum atomic E-state index is 11.6. The maximum absolute atomic E-state index is 11.6. The number of carbonyl (C=O) groups excluding carboxylic acids is 1. The van der Waals surface area contributed by atoms with Gasteiger partial charge in [0.1, 0.15) is 12.4 Å². The van der Waals surface area contributed by atoms with Crippen molar-refractivity contribution in [1.82, 2.24) is 0 Å². The van der Waals surface area contributed by atoms with Crippen LogP contribution in [0.25, 0.3) is 0 Å². The van der Waals surface area contributed by atoms with Gasteiger partial charge in [0.05, 0.1) is 6.10 Å². The van der Waals surface area contributed by atoms with Crippen molar-refractivity contribution in [2.45, 2.75) is 38.3 Å². The van der Waals surface area contributed by atoms with E-state index < -0.39 is 0 Å². The molecule has 1 amide bonds. The molecule has 1 aliphatic heterocycles. The van der Waals surface area contributed by atoms with Gasteiger partial charge in [0.15, 0.2) is 0 Å². The highest BCUT2D eigenvalue weighted by atomic mass is 16.5. The number of benzene rings is 1. The van der Waals surface area contributed by atoms with Gasteiger partial charge in [-0.25, -0.2) is 0 Å². The van der Waals surface area contributed by atoms with E-state index in [0.717, 1.165) is 30.9 Å². The van der Waals surface area contributed by atoms with Crippen molar-refractivity contribution in [2.75, 3.05) is 18.5 Å². The van der Waals surface area contributed by atoms with Crippen LogP contribution in [-0.4, -0.2) is 31.3 Å². The van der Waals surface area contributed by atoms with Crippen molar-refractivity contribution >= 4 is 11.6 Å². The van der Waals surface area contributed by atoms with E-state index in [0.29, 0.717) is 13.0 Å². The molecule has 0 bridgehead atoms. The second-order valence-corrected chi connectivity index (χ2v) is 5.20. The normalized spacial score (nSPS) is 19.6. The minimum absolute atomic E-state index is 0.0759. The Balaban J connectivity index is 1.78. The second kappa shape index (κ2) is 7.26. The Hall–Kier alpha value is -1.59. The highest BCUT2D eigenvalue weighted by molar-refractivity contribution is 5.91. The van der Waals surface area contributed by atoms with E-state index in [-0.39, 0.29) is 18.1 Å². The lowest BCUT2D eigenvalue weighted by atomic mass is 10.2. The first kappa shape index (κ1) is 14.8. The summed E-state index contributed by atoms with van der Waals surface area (Å²) in [5, 5.41) is 2.80. The fourth-order valence-electron chi connectivity index (χ4n) is 2.10. The quantitative estimate of drug-likeness (QED) is 0.833. The summed E-state index contributed by atoms with van der Waals surface area (Å²) in [6, 6.07) is 7.20. The largest absolute Gasteiger partial charge is 0.491 e. The molecule has 3 N–H and O–H groups in total. The molecule has 110 valence electrons. The number of anilines is 1. The van der Waals surface area contributed by atoms with E-state index in [1.54, 1.807) is 0 Å². The molecule has 0 saturated carbocycles. The zero-order valence-corrected chi connectivity index (χ0v) is 11.8. The van der Waals surface area contributed by atoms with E-state index in [9.17, 15) is 4.79 Å². The average molecular weight is 278 g/mol. The van der Waals surface area contributed by atoms with Gasteiger partial charge in [0, 0.05) is 24.8 Å². The van der Waals surface area contributed by atoms with E-state index in [4.69, 9.17) is 15.2 Å². The number of nitrogens with two attached hydrogens (primary N) is 1. The van der Waals surface area contributed by atoms with Crippen molar-refractivity contribution in [3.63, 3.8) is 0 Å². The van der Waals surface area contributed by atoms with Crippen molar-refractivity contribution < 1.29 is 14.3 Å². The van der Waals surface area contributed by atoms with Crippen LogP contribution in [0.1, 0.15) is 26.2 Å². The second-order valence-electron chi connectivity index (χ2n) is 5.20. The molecule has 0 spiro atoms. The van der Waals surface area contributed by atoms with Crippen LogP contribution < -0.4 is 15.8 Å². The lowest BCUT2D eigenvalue weighted by Crippen LogP contribution is -2.23. The van der Waals surface area contributed by atoms with Crippen LogP contribution >= 0.6 is 0 Å². The summed E-state index contributed by atoms with van der Waals surface area (Å²) in [5.74, 6) is 0.707. The summed E-state index contributed by atoms with van der Waals surface area (Å²) in [4.78, 5) is 11.6. The SMILES string of the molecule is CC(N)CC(=O)Nc1ccc(OCC2CCCO2)cc1. The maximum Gasteiger partial charge on any atom is 0.225 e. The molecule has 2 unspecified atom stereocenters. The number of rotatable bonds is 6. The van der Waals surface area contributed by atoms with Crippen molar-refractivity contribution in [1.29, 1.82) is 0 Å². The fraction of sp³-hybridized carbons (Fsp3) is 0.533. The van der Waals surface area contributed by atoms with Gasteiger partial charge in [-0.15, -0.1) is 0 Å². The molecule has 1 fully saturated rings. The molecule has 2 rings (SSSR count). The lowest BCUT2D eigenvalue weighted by molar-refractivity contribution is -0.116. The number of carbonyl (C=O) groups is 1. The molecule has 0 aromatic heterocycles. The standard InChI is InChI=1S/C15H22N2O3/c1-11(16)9-15(18)17-12-4-6-13(7-5-12)20-10-14-3-2-8-19-14/h4-7,11,14H,2-3,8-10,16H2,1H3,(H,17,18). The molecule has 20 heavy (non-hydrogen) atoms. The third kappa shape index (κ3) is 4.83. The van der Waals surface area contributed by atoms with E-state index in [1.165, 1.54) is 0 Å². The molecule has 1 heterocycles. The first-order valence-corrected chi connectivity index (χ1v) is 7.03. The minimum atomic E-state index is -0.135. The van der Waals surface area contributed by atoms with E-state index in [2.05, 4.69) is 5.32 Å². The predicted octanol–water partition coefficient (Wildman–Crippen LogP) is 1.92. The van der Waals surface area contributed by atoms with Gasteiger partial charge in [-0.3, -0.25) is 4.79 Å². The molecular formula is C15H22N2O3. The van der Waals surface area contributed by atoms with Crippen LogP contribution in [0.4, 0.5) is 5.69 Å². The van der Waals surface area contributed by atoms with Gasteiger partial charge in [-0.2, -0.15) is 0 Å². The number of hydrogen-bond acceptors (Lipinski definition) is 4. The van der Waals surface area contributed by atoms with Gasteiger partial charge in [-0.1, -0.05) is 0 Å². The van der Waals surface area contributed by atoms with Gasteiger partial charge >= 0.3 is 0 Å². The predicted molar refractivity (Wildman–Crippen MR) is 77.8 cm³/mol. The highest BCUT2D eigenvalue weighted by Crippen LogP contribution is 2.18. The van der Waals surface area contributed by atoms with Gasteiger partial charge in [-0.05, 0) is 44.0 Å². The Kier molecular flexibility index (Phi) is 5.38. The molecule has 0 aliphatic carbocycles. The summed E-state index contributed by atoms with van der Waals surface area (Å²) >= 11 is 0. The first-order chi connectivity index (χ1) is 9.63. The zero-order valence-electron chi connectivity index (χ0n) is 11.8. The van der Waals surface area contributed by atoms with Crippen molar-refractivity contribution in [3.05, 3.63) is 24.3 Å². The van der Waals surface area contributed by atoms with Gasteiger partial charge < -0.3 is 20.5 Å². The molecular weight excluding hydrogens is 256 g/mol. The summed E-state index contributed by atoms with van der Waals surface area (Å²) in [6.07, 6.45) is 2.70. The molecule has 5 heteroatoms. The van der Waals surface area contributed by atoms with Crippen molar-refractivity contribution in [3.8, 4) is 5.75 Å². The summed E-state index contributed by atoms with van der Waals surface area (Å²) in [6.45, 7) is 3.22. The van der Waals surface area contributed by atoms with Crippen LogP contribution in [0.15, 0.2) is 24.3 Å². The Morgan fingerprint density at radius 3 is 2.85 bits per heavy atom. The fourth-order valence-corrected chi connectivity index (χ4v) is 2.10. The smallest absolute Gasteiger partial charge is 0.225 e. The first-order valence-electron chi connectivity index (χ1n) is 7.03. The van der Waals surface area contributed by atoms with Crippen LogP contribution in [-0.2, 0) is 9.53 Å². The molecule has 1 saturated heterocycles. The van der Waals surface area contributed by atoms with E-state index >= 15 is 0 Å². The van der Waals surface area contributed by atoms with Crippen LogP contribution in [0, 0.1) is 0 Å². The molecule has 2 atom stereocenters. The summed E-state index contributed by atoms with van der Waals surface area (Å²) in [5.41, 5.74) is 6.33. The van der Waals surface area contributed by atoms with Crippen molar-refractivity contribution in [2.24, 2.45) is 5.73 Å². The zero-order chi connectivity index (χ0) is 14.4. The summed E-state index contributed by atoms with van der Waals surface area (Å²) in [7, 11) is 0. The third-order valence-electron chi connectivity index (χ3n) is 3.11. The molecule has 1 aliphatic rings. The topological polar surface area (TPSA) is 73.6 Å². The Bertz CT molecular complexity index is 425. The molecule has 5 nitrogen and oxygen atoms in total. The Morgan fingerprint density at radius 1 is 1.50 bits per heavy atom. The molecule has 0 radical (unpaired) electrons. The third-order valence-corrected chi connectivity index (χ3v) is 3.11. The van der Waals surface area contributed by atoms with Crippen LogP contribution in [0.5, 0.6) is 5.75 Å². The van der Waals surface area contributed by atoms with E-state index in [1.807, 2.05) is 31.2 Å². The Morgan fingerprint density at radius 2 is 2.25 bits per heavy atom. The number of hydrogen-bond donors (Lipinski definition) is 2. The minimum Gasteiger partial charge on any atom is -0.491 e. The molecule has 1 aromatic carbocycles. The summed E-state index contributed by atoms with van der Waals surface area (Å²) < 4.78 is 11.2. The Labute approximate surface area is 119 Å². The average Bonchev–Trinajstić information content (AvgIpc) is 2.90. The number of amides is 1.